The fourth-order valence-corrected chi connectivity index (χ4v) is 5.98. The van der Waals surface area contributed by atoms with E-state index >= 15 is 0 Å². The summed E-state index contributed by atoms with van der Waals surface area (Å²) in [5.74, 6) is 0.581. The minimum Gasteiger partial charge on any atom is -0.426 e. The Balaban J connectivity index is 1.93. The number of esters is 1. The predicted octanol–water partition coefficient (Wildman–Crippen LogP) is 7.27. The predicted molar refractivity (Wildman–Crippen MR) is 122 cm³/mol. The van der Waals surface area contributed by atoms with Crippen molar-refractivity contribution in [2.24, 2.45) is 0 Å². The van der Waals surface area contributed by atoms with Gasteiger partial charge in [-0.05, 0) is 82.5 Å². The van der Waals surface area contributed by atoms with Crippen molar-refractivity contribution >= 4 is 16.9 Å². The van der Waals surface area contributed by atoms with Crippen LogP contribution in [0.3, 0.4) is 0 Å². The molecule has 0 heterocycles. The van der Waals surface area contributed by atoms with Crippen LogP contribution in [0.5, 0.6) is 5.75 Å². The summed E-state index contributed by atoms with van der Waals surface area (Å²) in [7, 11) is -0.663. The lowest BCUT2D eigenvalue weighted by Gasteiger charge is -2.25. The largest absolute Gasteiger partial charge is 0.426 e. The first kappa shape index (κ1) is 21.2. The Morgan fingerprint density at radius 2 is 1.31 bits per heavy atom. The molecule has 29 heavy (non-hydrogen) atoms. The van der Waals surface area contributed by atoms with Crippen molar-refractivity contribution in [1.82, 2.24) is 0 Å². The average Bonchev–Trinajstić information content (AvgIpc) is 2.73. The zero-order valence-electron chi connectivity index (χ0n) is 17.5. The van der Waals surface area contributed by atoms with Gasteiger partial charge >= 0.3 is 5.97 Å². The van der Waals surface area contributed by atoms with Gasteiger partial charge in [0, 0.05) is 6.42 Å². The summed E-state index contributed by atoms with van der Waals surface area (Å²) >= 11 is 0. The van der Waals surface area contributed by atoms with Gasteiger partial charge in [0.25, 0.3) is 0 Å². The molecule has 3 aromatic rings. The van der Waals surface area contributed by atoms with Crippen LogP contribution in [0, 0.1) is 13.8 Å². The van der Waals surface area contributed by atoms with Crippen molar-refractivity contribution in [3.63, 3.8) is 0 Å². The highest BCUT2D eigenvalue weighted by Crippen LogP contribution is 2.52. The van der Waals surface area contributed by atoms with E-state index < -0.39 is 10.9 Å². The normalized spacial score (nSPS) is 11.2. The molecule has 0 aromatic heterocycles. The van der Waals surface area contributed by atoms with Crippen molar-refractivity contribution in [3.8, 4) is 5.75 Å². The number of aryl methyl sites for hydroxylation is 2. The molecular weight excluding hydrogens is 376 g/mol. The zero-order chi connectivity index (χ0) is 20.6. The highest BCUT2D eigenvalue weighted by atomic mass is 32.2. The first-order valence-electron chi connectivity index (χ1n) is 10.3. The van der Waals surface area contributed by atoms with Crippen LogP contribution in [-0.4, -0.2) is 5.97 Å². The van der Waals surface area contributed by atoms with E-state index in [2.05, 4.69) is 79.7 Å². The summed E-state index contributed by atoms with van der Waals surface area (Å²) in [6, 6.07) is 25.7. The van der Waals surface area contributed by atoms with Crippen LogP contribution in [-0.2, 0) is 4.79 Å². The van der Waals surface area contributed by atoms with E-state index in [9.17, 15) is 4.79 Å². The Morgan fingerprint density at radius 1 is 0.793 bits per heavy atom. The van der Waals surface area contributed by atoms with Crippen molar-refractivity contribution in [1.29, 1.82) is 0 Å². The minimum absolute atomic E-state index is 0.134. The highest BCUT2D eigenvalue weighted by molar-refractivity contribution is 8.17. The molecule has 0 N–H and O–H groups in total. The van der Waals surface area contributed by atoms with E-state index in [-0.39, 0.29) is 5.97 Å². The van der Waals surface area contributed by atoms with Gasteiger partial charge in [-0.1, -0.05) is 56.2 Å². The van der Waals surface area contributed by atoms with Gasteiger partial charge in [-0.25, -0.2) is 0 Å². The fourth-order valence-electron chi connectivity index (χ4n) is 3.50. The molecule has 0 aliphatic rings. The van der Waals surface area contributed by atoms with Crippen LogP contribution in [0.2, 0.25) is 0 Å². The van der Waals surface area contributed by atoms with Gasteiger partial charge in [-0.15, -0.1) is 0 Å². The van der Waals surface area contributed by atoms with E-state index in [0.717, 1.165) is 30.4 Å². The minimum atomic E-state index is -0.663. The SMILES string of the molecule is CCCCCC(=O)Oc1c(C)cc([SH](c2ccccc2)c2ccccc2)cc1C. The lowest BCUT2D eigenvalue weighted by molar-refractivity contribution is -0.134. The molecule has 0 aliphatic heterocycles. The highest BCUT2D eigenvalue weighted by Gasteiger charge is 2.17. The number of rotatable bonds is 8. The summed E-state index contributed by atoms with van der Waals surface area (Å²) in [4.78, 5) is 16.1. The van der Waals surface area contributed by atoms with Gasteiger partial charge in [0.15, 0.2) is 0 Å². The van der Waals surface area contributed by atoms with Gasteiger partial charge in [0.05, 0.1) is 0 Å². The Kier molecular flexibility index (Phi) is 7.54. The first-order valence-corrected chi connectivity index (χ1v) is 11.7. The van der Waals surface area contributed by atoms with Gasteiger partial charge in [-0.3, -0.25) is 4.79 Å². The zero-order valence-corrected chi connectivity index (χ0v) is 18.4. The molecule has 152 valence electrons. The maximum absolute atomic E-state index is 12.2. The number of hydrogen-bond donors (Lipinski definition) is 1. The van der Waals surface area contributed by atoms with Crippen LogP contribution >= 0.6 is 10.9 Å². The Labute approximate surface area is 177 Å². The fraction of sp³-hybridized carbons (Fsp3) is 0.269. The van der Waals surface area contributed by atoms with Crippen molar-refractivity contribution in [3.05, 3.63) is 83.9 Å². The topological polar surface area (TPSA) is 26.3 Å². The maximum Gasteiger partial charge on any atom is 0.311 e. The average molecular weight is 407 g/mol. The maximum atomic E-state index is 12.2. The Morgan fingerprint density at radius 3 is 1.79 bits per heavy atom. The Bertz CT molecular complexity index is 873. The second-order valence-corrected chi connectivity index (χ2v) is 9.57. The van der Waals surface area contributed by atoms with E-state index in [4.69, 9.17) is 4.74 Å². The molecule has 0 spiro atoms. The number of benzene rings is 3. The monoisotopic (exact) mass is 406 g/mol. The summed E-state index contributed by atoms with van der Waals surface area (Å²) in [6.07, 6.45) is 3.53. The van der Waals surface area contributed by atoms with E-state index in [0.29, 0.717) is 12.2 Å². The van der Waals surface area contributed by atoms with Gasteiger partial charge in [-0.2, -0.15) is 10.9 Å². The van der Waals surface area contributed by atoms with E-state index in [1.807, 2.05) is 13.8 Å². The number of hydrogen-bond acceptors (Lipinski definition) is 2. The second-order valence-electron chi connectivity index (χ2n) is 7.35. The van der Waals surface area contributed by atoms with Gasteiger partial charge < -0.3 is 4.74 Å². The van der Waals surface area contributed by atoms with Crippen LogP contribution in [0.15, 0.2) is 87.5 Å². The van der Waals surface area contributed by atoms with Crippen LogP contribution in [0.4, 0.5) is 0 Å². The van der Waals surface area contributed by atoms with Crippen LogP contribution in [0.25, 0.3) is 0 Å². The second kappa shape index (κ2) is 10.3. The summed E-state index contributed by atoms with van der Waals surface area (Å²) in [5, 5.41) is 0. The summed E-state index contributed by atoms with van der Waals surface area (Å²) in [6.45, 7) is 6.21. The number of ether oxygens (including phenoxy) is 1. The molecule has 0 amide bonds. The molecular formula is C26H30O2S. The van der Waals surface area contributed by atoms with Crippen LogP contribution < -0.4 is 4.74 Å². The van der Waals surface area contributed by atoms with Crippen molar-refractivity contribution in [2.45, 2.75) is 61.1 Å². The molecule has 0 unspecified atom stereocenters. The molecule has 0 fully saturated rings. The molecule has 0 aliphatic carbocycles. The molecule has 0 atom stereocenters. The van der Waals surface area contributed by atoms with Gasteiger partial charge in [0.1, 0.15) is 5.75 Å². The van der Waals surface area contributed by atoms with Crippen molar-refractivity contribution in [2.75, 3.05) is 0 Å². The Hall–Kier alpha value is -2.52. The molecule has 2 nitrogen and oxygen atoms in total. The quantitative estimate of drug-likeness (QED) is 0.184. The number of unbranched alkanes of at least 4 members (excludes halogenated alkanes) is 2. The smallest absolute Gasteiger partial charge is 0.311 e. The lowest BCUT2D eigenvalue weighted by Crippen LogP contribution is -2.09. The number of carbonyl (C=O) groups excluding carboxylic acids is 1. The third kappa shape index (κ3) is 5.51. The molecule has 0 saturated heterocycles. The number of thiol groups is 1. The third-order valence-electron chi connectivity index (χ3n) is 4.93. The third-order valence-corrected chi connectivity index (χ3v) is 7.34. The van der Waals surface area contributed by atoms with E-state index in [1.54, 1.807) is 0 Å². The molecule has 0 radical (unpaired) electrons. The molecule has 0 saturated carbocycles. The summed E-state index contributed by atoms with van der Waals surface area (Å²) < 4.78 is 5.74. The van der Waals surface area contributed by atoms with Crippen LogP contribution in [0.1, 0.15) is 43.7 Å². The lowest BCUT2D eigenvalue weighted by atomic mass is 10.1. The molecule has 3 heteroatoms. The first-order chi connectivity index (χ1) is 14.1. The molecule has 3 aromatic carbocycles. The van der Waals surface area contributed by atoms with Crippen molar-refractivity contribution < 1.29 is 9.53 Å². The number of carbonyl (C=O) groups is 1. The molecule has 3 rings (SSSR count). The standard InChI is InChI=1S/C26H30O2S/c1-4-5-8-17-25(27)28-26-20(2)18-24(19-21(26)3)29(22-13-9-6-10-14-22)23-15-11-7-12-16-23/h6-7,9-16,18-19,29H,4-5,8,17H2,1-3H3. The summed E-state index contributed by atoms with van der Waals surface area (Å²) in [5.41, 5.74) is 2.03. The molecule has 0 bridgehead atoms. The van der Waals surface area contributed by atoms with Gasteiger partial charge in [0.2, 0.25) is 0 Å². The van der Waals surface area contributed by atoms with E-state index in [1.165, 1.54) is 14.7 Å².